The van der Waals surface area contributed by atoms with Crippen LogP contribution in [0.3, 0.4) is 0 Å². The van der Waals surface area contributed by atoms with E-state index < -0.39 is 33.1 Å². The third kappa shape index (κ3) is 5.04. The molecule has 0 unspecified atom stereocenters. The number of hydrogen-bond acceptors (Lipinski definition) is 6. The Labute approximate surface area is 185 Å². The van der Waals surface area contributed by atoms with Crippen molar-refractivity contribution in [2.45, 2.75) is 18.7 Å². The number of sulfonamides is 1. The molecule has 3 aromatic rings. The monoisotopic (exact) mass is 457 g/mol. The summed E-state index contributed by atoms with van der Waals surface area (Å²) in [6, 6.07) is 16.5. The molecule has 0 saturated heterocycles. The molecular weight excluding hydrogens is 434 g/mol. The maximum atomic E-state index is 12.6. The molecule has 3 rings (SSSR count). The number of nitrogens with zero attached hydrogens (tertiary/aromatic N) is 2. The van der Waals surface area contributed by atoms with E-state index in [-0.39, 0.29) is 23.7 Å². The molecule has 0 radical (unpaired) electrons. The van der Waals surface area contributed by atoms with E-state index in [1.54, 1.807) is 19.9 Å². The summed E-state index contributed by atoms with van der Waals surface area (Å²) in [6.45, 7) is 3.36. The van der Waals surface area contributed by atoms with Gasteiger partial charge in [0.1, 0.15) is 0 Å². The molecule has 168 valence electrons. The molecule has 3 aromatic carbocycles. The van der Waals surface area contributed by atoms with Crippen LogP contribution in [0, 0.1) is 10.1 Å². The fourth-order valence-electron chi connectivity index (χ4n) is 3.24. The molecule has 0 spiro atoms. The Hall–Kier alpha value is -3.50. The van der Waals surface area contributed by atoms with Gasteiger partial charge in [-0.3, -0.25) is 14.9 Å². The van der Waals surface area contributed by atoms with Crippen molar-refractivity contribution in [3.63, 3.8) is 0 Å². The molecule has 0 heterocycles. The van der Waals surface area contributed by atoms with Crippen LogP contribution in [0.2, 0.25) is 0 Å². The minimum Gasteiger partial charge on any atom is -0.477 e. The minimum atomic E-state index is -3.87. The van der Waals surface area contributed by atoms with E-state index in [4.69, 9.17) is 4.74 Å². The van der Waals surface area contributed by atoms with Gasteiger partial charge in [0.25, 0.3) is 5.91 Å². The molecular formula is C22H23N3O6S. The lowest BCUT2D eigenvalue weighted by atomic mass is 10.1. The number of fused-ring (bicyclic) bond motifs is 1. The standard InChI is InChI=1S/C22H23N3O6S/c1-3-24(4-2)32(29,30)19-11-12-21(20(14-19)25(27)28)31-15-22(26)23-18-10-9-16-7-5-6-8-17(16)13-18/h5-14H,3-4,15H2,1-2H3,(H,23,26). The SMILES string of the molecule is CCN(CC)S(=O)(=O)c1ccc(OCC(=O)Nc2ccc3ccccc3c2)c([N+](=O)[O-])c1. The van der Waals surface area contributed by atoms with Crippen molar-refractivity contribution >= 4 is 38.1 Å². The Morgan fingerprint density at radius 3 is 2.38 bits per heavy atom. The smallest absolute Gasteiger partial charge is 0.312 e. The van der Waals surface area contributed by atoms with Gasteiger partial charge in [-0.25, -0.2) is 8.42 Å². The molecule has 0 fully saturated rings. The second-order valence-corrected chi connectivity index (χ2v) is 8.81. The predicted octanol–water partition coefficient (Wildman–Crippen LogP) is 3.80. The van der Waals surface area contributed by atoms with E-state index in [1.165, 1.54) is 16.4 Å². The number of nitro groups is 1. The van der Waals surface area contributed by atoms with Crippen molar-refractivity contribution in [2.75, 3.05) is 25.0 Å². The lowest BCUT2D eigenvalue weighted by Gasteiger charge is -2.18. The lowest BCUT2D eigenvalue weighted by Crippen LogP contribution is -2.30. The van der Waals surface area contributed by atoms with Crippen molar-refractivity contribution in [1.29, 1.82) is 0 Å². The van der Waals surface area contributed by atoms with Gasteiger partial charge in [-0.1, -0.05) is 44.2 Å². The van der Waals surface area contributed by atoms with Crippen molar-refractivity contribution in [3.05, 3.63) is 70.8 Å². The van der Waals surface area contributed by atoms with E-state index in [1.807, 2.05) is 36.4 Å². The average Bonchev–Trinajstić information content (AvgIpc) is 2.78. The fourth-order valence-corrected chi connectivity index (χ4v) is 4.72. The summed E-state index contributed by atoms with van der Waals surface area (Å²) in [5.41, 5.74) is 0.0317. The van der Waals surface area contributed by atoms with E-state index in [9.17, 15) is 23.3 Å². The van der Waals surface area contributed by atoms with Crippen molar-refractivity contribution in [2.24, 2.45) is 0 Å². The maximum Gasteiger partial charge on any atom is 0.312 e. The van der Waals surface area contributed by atoms with Gasteiger partial charge in [-0.15, -0.1) is 0 Å². The van der Waals surface area contributed by atoms with Crippen LogP contribution in [0.15, 0.2) is 65.6 Å². The number of ether oxygens (including phenoxy) is 1. The van der Waals surface area contributed by atoms with Crippen LogP contribution >= 0.6 is 0 Å². The fraction of sp³-hybridized carbons (Fsp3) is 0.227. The number of anilines is 1. The molecule has 0 bridgehead atoms. The van der Waals surface area contributed by atoms with Gasteiger partial charge in [0, 0.05) is 24.8 Å². The second-order valence-electron chi connectivity index (χ2n) is 6.87. The molecule has 1 N–H and O–H groups in total. The van der Waals surface area contributed by atoms with Crippen molar-refractivity contribution < 1.29 is 22.9 Å². The van der Waals surface area contributed by atoms with Gasteiger partial charge in [0.2, 0.25) is 10.0 Å². The van der Waals surface area contributed by atoms with Gasteiger partial charge in [0.15, 0.2) is 12.4 Å². The highest BCUT2D eigenvalue weighted by atomic mass is 32.2. The first-order valence-corrected chi connectivity index (χ1v) is 11.4. The zero-order valence-corrected chi connectivity index (χ0v) is 18.5. The number of rotatable bonds is 9. The Kier molecular flexibility index (Phi) is 7.06. The molecule has 0 atom stereocenters. The zero-order valence-electron chi connectivity index (χ0n) is 17.6. The summed E-state index contributed by atoms with van der Waals surface area (Å²) < 4.78 is 31.8. The number of nitrogens with one attached hydrogen (secondary N) is 1. The molecule has 0 aliphatic carbocycles. The van der Waals surface area contributed by atoms with Crippen molar-refractivity contribution in [3.8, 4) is 5.75 Å². The predicted molar refractivity (Wildman–Crippen MR) is 121 cm³/mol. The van der Waals surface area contributed by atoms with Crippen LogP contribution in [0.5, 0.6) is 5.75 Å². The summed E-state index contributed by atoms with van der Waals surface area (Å²) in [6.07, 6.45) is 0. The molecule has 0 saturated carbocycles. The minimum absolute atomic E-state index is 0.192. The van der Waals surface area contributed by atoms with Gasteiger partial charge < -0.3 is 10.1 Å². The third-order valence-corrected chi connectivity index (χ3v) is 6.91. The molecule has 10 heteroatoms. The highest BCUT2D eigenvalue weighted by Crippen LogP contribution is 2.31. The molecule has 9 nitrogen and oxygen atoms in total. The van der Waals surface area contributed by atoms with E-state index >= 15 is 0 Å². The first-order valence-electron chi connectivity index (χ1n) is 9.96. The summed E-state index contributed by atoms with van der Waals surface area (Å²) in [5.74, 6) is -0.698. The van der Waals surface area contributed by atoms with Crippen LogP contribution in [0.1, 0.15) is 13.8 Å². The molecule has 0 aromatic heterocycles. The molecule has 1 amide bonds. The Morgan fingerprint density at radius 1 is 1.03 bits per heavy atom. The lowest BCUT2D eigenvalue weighted by molar-refractivity contribution is -0.386. The Morgan fingerprint density at radius 2 is 1.72 bits per heavy atom. The second kappa shape index (κ2) is 9.75. The number of carbonyl (C=O) groups is 1. The maximum absolute atomic E-state index is 12.6. The molecule has 32 heavy (non-hydrogen) atoms. The summed E-state index contributed by atoms with van der Waals surface area (Å²) >= 11 is 0. The quantitative estimate of drug-likeness (QED) is 0.386. The normalized spacial score (nSPS) is 11.5. The topological polar surface area (TPSA) is 119 Å². The number of benzene rings is 3. The first kappa shape index (κ1) is 23.2. The van der Waals surface area contributed by atoms with Crippen molar-refractivity contribution in [1.82, 2.24) is 4.31 Å². The largest absolute Gasteiger partial charge is 0.477 e. The van der Waals surface area contributed by atoms with Crippen LogP contribution < -0.4 is 10.1 Å². The van der Waals surface area contributed by atoms with E-state index in [2.05, 4.69) is 5.32 Å². The summed E-state index contributed by atoms with van der Waals surface area (Å²) in [4.78, 5) is 22.8. The van der Waals surface area contributed by atoms with Gasteiger partial charge in [-0.2, -0.15) is 4.31 Å². The number of hydrogen-bond donors (Lipinski definition) is 1. The average molecular weight is 458 g/mol. The zero-order chi connectivity index (χ0) is 23.3. The summed E-state index contributed by atoms with van der Waals surface area (Å²) in [7, 11) is -3.87. The number of carbonyl (C=O) groups excluding carboxylic acids is 1. The number of amides is 1. The van der Waals surface area contributed by atoms with Gasteiger partial charge in [0.05, 0.1) is 9.82 Å². The Bertz CT molecular complexity index is 1260. The highest BCUT2D eigenvalue weighted by Gasteiger charge is 2.26. The van der Waals surface area contributed by atoms with Gasteiger partial charge >= 0.3 is 5.69 Å². The third-order valence-electron chi connectivity index (χ3n) is 4.86. The van der Waals surface area contributed by atoms with Crippen LogP contribution in [-0.4, -0.2) is 43.2 Å². The van der Waals surface area contributed by atoms with E-state index in [0.717, 1.165) is 16.8 Å². The van der Waals surface area contributed by atoms with Crippen LogP contribution in [0.4, 0.5) is 11.4 Å². The van der Waals surface area contributed by atoms with Crippen LogP contribution in [-0.2, 0) is 14.8 Å². The Balaban J connectivity index is 1.74. The first-order chi connectivity index (χ1) is 15.3. The number of nitro benzene ring substituents is 1. The highest BCUT2D eigenvalue weighted by molar-refractivity contribution is 7.89. The summed E-state index contributed by atoms with van der Waals surface area (Å²) in [5, 5.41) is 16.1. The van der Waals surface area contributed by atoms with Crippen LogP contribution in [0.25, 0.3) is 10.8 Å². The van der Waals surface area contributed by atoms with Gasteiger partial charge in [-0.05, 0) is 35.0 Å². The molecule has 0 aliphatic rings. The molecule has 0 aliphatic heterocycles. The van der Waals surface area contributed by atoms with E-state index in [0.29, 0.717) is 5.69 Å².